The topological polar surface area (TPSA) is 65.5 Å². The van der Waals surface area contributed by atoms with E-state index in [0.717, 1.165) is 18.9 Å². The maximum Gasteiger partial charge on any atom is 0.251 e. The van der Waals surface area contributed by atoms with Crippen LogP contribution in [-0.2, 0) is 0 Å². The van der Waals surface area contributed by atoms with Gasteiger partial charge in [-0.15, -0.1) is 0 Å². The highest BCUT2D eigenvalue weighted by Gasteiger charge is 2.15. The number of hydrogen-bond donors (Lipinski definition) is 2. The number of aliphatic hydroxyl groups excluding tert-OH is 1. The maximum absolute atomic E-state index is 11.7. The fourth-order valence-corrected chi connectivity index (χ4v) is 1.95. The standard InChI is InChI=1S/C12H17N3O2/c16-8-5-14-12(17)10-3-4-13-11(9-10)15-6-1-2-7-15/h3-4,9,16H,1-2,5-8H2,(H,14,17). The molecule has 0 atom stereocenters. The smallest absolute Gasteiger partial charge is 0.251 e. The fraction of sp³-hybridized carbons (Fsp3) is 0.500. The molecule has 2 N–H and O–H groups in total. The molecule has 0 bridgehead atoms. The normalized spacial score (nSPS) is 15.0. The van der Waals surface area contributed by atoms with Gasteiger partial charge in [-0.3, -0.25) is 4.79 Å². The summed E-state index contributed by atoms with van der Waals surface area (Å²) in [4.78, 5) is 18.2. The maximum atomic E-state index is 11.7. The molecule has 1 aliphatic rings. The van der Waals surface area contributed by atoms with E-state index in [9.17, 15) is 4.79 Å². The summed E-state index contributed by atoms with van der Waals surface area (Å²) < 4.78 is 0. The van der Waals surface area contributed by atoms with Crippen LogP contribution in [0.15, 0.2) is 18.3 Å². The van der Waals surface area contributed by atoms with Gasteiger partial charge in [0.05, 0.1) is 6.61 Å². The lowest BCUT2D eigenvalue weighted by Gasteiger charge is -2.16. The fourth-order valence-electron chi connectivity index (χ4n) is 1.95. The highest BCUT2D eigenvalue weighted by atomic mass is 16.3. The molecule has 0 aromatic carbocycles. The zero-order valence-electron chi connectivity index (χ0n) is 9.72. The van der Waals surface area contributed by atoms with Gasteiger partial charge >= 0.3 is 0 Å². The Morgan fingerprint density at radius 3 is 2.94 bits per heavy atom. The van der Waals surface area contributed by atoms with Crippen molar-refractivity contribution in [3.63, 3.8) is 0 Å². The van der Waals surface area contributed by atoms with Crippen LogP contribution in [-0.4, -0.2) is 42.2 Å². The molecule has 2 heterocycles. The van der Waals surface area contributed by atoms with Crippen LogP contribution in [0.5, 0.6) is 0 Å². The molecule has 92 valence electrons. The predicted molar refractivity (Wildman–Crippen MR) is 65.1 cm³/mol. The summed E-state index contributed by atoms with van der Waals surface area (Å²) in [6, 6.07) is 3.49. The first kappa shape index (κ1) is 11.9. The number of amides is 1. The third-order valence-corrected chi connectivity index (χ3v) is 2.84. The highest BCUT2D eigenvalue weighted by Crippen LogP contribution is 2.18. The number of rotatable bonds is 4. The Labute approximate surface area is 100 Å². The Morgan fingerprint density at radius 2 is 2.24 bits per heavy atom. The van der Waals surface area contributed by atoms with Crippen LogP contribution in [0.1, 0.15) is 23.2 Å². The van der Waals surface area contributed by atoms with Gasteiger partial charge in [-0.2, -0.15) is 0 Å². The summed E-state index contributed by atoms with van der Waals surface area (Å²) in [5.41, 5.74) is 0.593. The Bertz CT molecular complexity index is 389. The van der Waals surface area contributed by atoms with Crippen LogP contribution in [0.25, 0.3) is 0 Å². The summed E-state index contributed by atoms with van der Waals surface area (Å²) in [5, 5.41) is 11.3. The van der Waals surface area contributed by atoms with Crippen molar-refractivity contribution in [1.82, 2.24) is 10.3 Å². The molecule has 0 radical (unpaired) electrons. The molecule has 0 saturated carbocycles. The van der Waals surface area contributed by atoms with Crippen LogP contribution in [0.4, 0.5) is 5.82 Å². The molecule has 0 unspecified atom stereocenters. The van der Waals surface area contributed by atoms with Crippen LogP contribution in [0.2, 0.25) is 0 Å². The number of aliphatic hydroxyl groups is 1. The average Bonchev–Trinajstić information content (AvgIpc) is 2.90. The first-order chi connectivity index (χ1) is 8.31. The van der Waals surface area contributed by atoms with Gasteiger partial charge < -0.3 is 15.3 Å². The first-order valence-corrected chi connectivity index (χ1v) is 5.91. The molecule has 1 fully saturated rings. The van der Waals surface area contributed by atoms with Crippen LogP contribution >= 0.6 is 0 Å². The number of nitrogens with one attached hydrogen (secondary N) is 1. The minimum atomic E-state index is -0.165. The third kappa shape index (κ3) is 2.94. The van der Waals surface area contributed by atoms with E-state index in [4.69, 9.17) is 5.11 Å². The Hall–Kier alpha value is -1.62. The van der Waals surface area contributed by atoms with Crippen molar-refractivity contribution in [2.45, 2.75) is 12.8 Å². The van der Waals surface area contributed by atoms with E-state index in [0.29, 0.717) is 5.56 Å². The summed E-state index contributed by atoms with van der Waals surface area (Å²) in [6.45, 7) is 2.25. The lowest BCUT2D eigenvalue weighted by molar-refractivity contribution is 0.0944. The molecular weight excluding hydrogens is 218 g/mol. The molecule has 1 aliphatic heterocycles. The van der Waals surface area contributed by atoms with Crippen LogP contribution in [0, 0.1) is 0 Å². The van der Waals surface area contributed by atoms with E-state index in [1.807, 2.05) is 0 Å². The largest absolute Gasteiger partial charge is 0.395 e. The second kappa shape index (κ2) is 5.63. The van der Waals surface area contributed by atoms with Crippen molar-refractivity contribution in [3.05, 3.63) is 23.9 Å². The average molecular weight is 235 g/mol. The van der Waals surface area contributed by atoms with Gasteiger partial charge in [0.15, 0.2) is 0 Å². The molecule has 5 nitrogen and oxygen atoms in total. The number of hydrogen-bond acceptors (Lipinski definition) is 4. The molecule has 0 spiro atoms. The van der Waals surface area contributed by atoms with Crippen molar-refractivity contribution in [2.75, 3.05) is 31.1 Å². The second-order valence-corrected chi connectivity index (χ2v) is 4.08. The van der Waals surface area contributed by atoms with Gasteiger partial charge in [-0.1, -0.05) is 0 Å². The molecule has 1 aromatic rings. The third-order valence-electron chi connectivity index (χ3n) is 2.84. The summed E-state index contributed by atoms with van der Waals surface area (Å²) in [5.74, 6) is 0.695. The number of carbonyl (C=O) groups excluding carboxylic acids is 1. The minimum Gasteiger partial charge on any atom is -0.395 e. The Kier molecular flexibility index (Phi) is 3.93. The van der Waals surface area contributed by atoms with Crippen molar-refractivity contribution >= 4 is 11.7 Å². The van der Waals surface area contributed by atoms with Crippen molar-refractivity contribution in [3.8, 4) is 0 Å². The van der Waals surface area contributed by atoms with Crippen molar-refractivity contribution in [1.29, 1.82) is 0 Å². The number of anilines is 1. The number of pyridine rings is 1. The van der Waals surface area contributed by atoms with Gasteiger partial charge in [0.2, 0.25) is 0 Å². The van der Waals surface area contributed by atoms with E-state index in [1.54, 1.807) is 18.3 Å². The molecule has 1 aromatic heterocycles. The summed E-state index contributed by atoms with van der Waals surface area (Å²) in [6.07, 6.45) is 4.02. The molecule has 1 saturated heterocycles. The van der Waals surface area contributed by atoms with E-state index in [2.05, 4.69) is 15.2 Å². The Balaban J connectivity index is 2.07. The van der Waals surface area contributed by atoms with E-state index < -0.39 is 0 Å². The lowest BCUT2D eigenvalue weighted by Crippen LogP contribution is -2.27. The number of nitrogens with zero attached hydrogens (tertiary/aromatic N) is 2. The minimum absolute atomic E-state index is 0.0458. The van der Waals surface area contributed by atoms with E-state index >= 15 is 0 Å². The summed E-state index contributed by atoms with van der Waals surface area (Å²) >= 11 is 0. The van der Waals surface area contributed by atoms with Crippen LogP contribution < -0.4 is 10.2 Å². The first-order valence-electron chi connectivity index (χ1n) is 5.91. The zero-order chi connectivity index (χ0) is 12.1. The second-order valence-electron chi connectivity index (χ2n) is 4.08. The monoisotopic (exact) mass is 235 g/mol. The zero-order valence-corrected chi connectivity index (χ0v) is 9.72. The van der Waals surface area contributed by atoms with Gasteiger partial charge in [-0.25, -0.2) is 4.98 Å². The SMILES string of the molecule is O=C(NCCO)c1ccnc(N2CCCC2)c1. The quantitative estimate of drug-likeness (QED) is 0.793. The van der Waals surface area contributed by atoms with Gasteiger partial charge in [0, 0.05) is 31.4 Å². The van der Waals surface area contributed by atoms with Gasteiger partial charge in [0.25, 0.3) is 5.91 Å². The van der Waals surface area contributed by atoms with Gasteiger partial charge in [-0.05, 0) is 25.0 Å². The lowest BCUT2D eigenvalue weighted by atomic mass is 10.2. The molecule has 17 heavy (non-hydrogen) atoms. The molecule has 0 aliphatic carbocycles. The predicted octanol–water partition coefficient (Wildman–Crippen LogP) is 0.404. The summed E-state index contributed by atoms with van der Waals surface area (Å²) in [7, 11) is 0. The highest BCUT2D eigenvalue weighted by molar-refractivity contribution is 5.94. The Morgan fingerprint density at radius 1 is 1.47 bits per heavy atom. The van der Waals surface area contributed by atoms with Crippen molar-refractivity contribution in [2.24, 2.45) is 0 Å². The van der Waals surface area contributed by atoms with Crippen molar-refractivity contribution < 1.29 is 9.90 Å². The van der Waals surface area contributed by atoms with E-state index in [-0.39, 0.29) is 19.1 Å². The molecular formula is C12H17N3O2. The van der Waals surface area contributed by atoms with Gasteiger partial charge in [0.1, 0.15) is 5.82 Å². The number of aromatic nitrogens is 1. The van der Waals surface area contributed by atoms with Crippen LogP contribution in [0.3, 0.4) is 0 Å². The molecule has 2 rings (SSSR count). The number of carbonyl (C=O) groups is 1. The molecule has 5 heteroatoms. The molecule has 1 amide bonds. The van der Waals surface area contributed by atoms with E-state index in [1.165, 1.54) is 12.8 Å².